The number of benzene rings is 1. The van der Waals surface area contributed by atoms with E-state index in [4.69, 9.17) is 14.8 Å². The number of carboxylic acids is 1. The van der Waals surface area contributed by atoms with Crippen LogP contribution in [0.1, 0.15) is 34.8 Å². The zero-order chi connectivity index (χ0) is 14.7. The average molecular weight is 274 g/mol. The molecule has 5 nitrogen and oxygen atoms in total. The Balaban J connectivity index is 2.21. The number of nitrogens with zero attached hydrogens (tertiary/aromatic N) is 1. The van der Waals surface area contributed by atoms with Crippen molar-refractivity contribution in [3.63, 3.8) is 0 Å². The van der Waals surface area contributed by atoms with E-state index in [2.05, 4.69) is 5.32 Å². The Hall–Kier alpha value is -2.81. The summed E-state index contributed by atoms with van der Waals surface area (Å²) in [6.45, 7) is 1.75. The molecule has 0 saturated heterocycles. The zero-order valence-electron chi connectivity index (χ0n) is 10.6. The number of halogens is 1. The second kappa shape index (κ2) is 5.45. The first kappa shape index (κ1) is 13.6. The number of carbonyl (C=O) groups is 1. The van der Waals surface area contributed by atoms with Crippen LogP contribution < -0.4 is 5.32 Å². The fourth-order valence-electron chi connectivity index (χ4n) is 1.74. The van der Waals surface area contributed by atoms with Crippen molar-refractivity contribution >= 4 is 11.7 Å². The predicted octanol–water partition coefficient (Wildman–Crippen LogP) is 3.16. The van der Waals surface area contributed by atoms with Gasteiger partial charge in [0.15, 0.2) is 0 Å². The van der Waals surface area contributed by atoms with Gasteiger partial charge >= 0.3 is 5.97 Å². The molecule has 6 heteroatoms. The summed E-state index contributed by atoms with van der Waals surface area (Å²) in [7, 11) is 0. The fraction of sp³-hybridized carbons (Fsp3) is 0.143. The van der Waals surface area contributed by atoms with Gasteiger partial charge in [-0.2, -0.15) is 5.26 Å². The molecule has 20 heavy (non-hydrogen) atoms. The molecule has 0 aliphatic carbocycles. The van der Waals surface area contributed by atoms with Crippen molar-refractivity contribution in [3.8, 4) is 6.07 Å². The number of hydrogen-bond acceptors (Lipinski definition) is 4. The zero-order valence-corrected chi connectivity index (χ0v) is 10.6. The van der Waals surface area contributed by atoms with E-state index in [9.17, 15) is 9.18 Å². The number of nitrogens with one attached hydrogen (secondary N) is 1. The Morgan fingerprint density at radius 1 is 1.45 bits per heavy atom. The highest BCUT2D eigenvalue weighted by Gasteiger charge is 2.15. The van der Waals surface area contributed by atoms with E-state index < -0.39 is 11.8 Å². The molecule has 0 bridgehead atoms. The maximum Gasteiger partial charge on any atom is 0.371 e. The maximum absolute atomic E-state index is 13.0. The minimum absolute atomic E-state index is 0.159. The van der Waals surface area contributed by atoms with Crippen molar-refractivity contribution in [2.24, 2.45) is 0 Å². The number of aromatic carboxylic acids is 1. The van der Waals surface area contributed by atoms with E-state index in [1.807, 2.05) is 6.07 Å². The van der Waals surface area contributed by atoms with Gasteiger partial charge in [-0.1, -0.05) is 0 Å². The van der Waals surface area contributed by atoms with E-state index >= 15 is 0 Å². The Labute approximate surface area is 114 Å². The molecule has 0 spiro atoms. The quantitative estimate of drug-likeness (QED) is 0.894. The maximum atomic E-state index is 13.0. The lowest BCUT2D eigenvalue weighted by Crippen LogP contribution is -2.07. The Morgan fingerprint density at radius 3 is 2.80 bits per heavy atom. The largest absolute Gasteiger partial charge is 0.475 e. The normalized spacial score (nSPS) is 11.7. The molecule has 1 aromatic heterocycles. The highest BCUT2D eigenvalue weighted by atomic mass is 19.1. The van der Waals surface area contributed by atoms with Crippen molar-refractivity contribution in [2.75, 3.05) is 5.32 Å². The van der Waals surface area contributed by atoms with E-state index in [1.54, 1.807) is 6.92 Å². The molecule has 0 radical (unpaired) electrons. The number of hydrogen-bond donors (Lipinski definition) is 2. The molecule has 0 saturated carbocycles. The molecule has 2 aromatic rings. The molecule has 1 unspecified atom stereocenters. The van der Waals surface area contributed by atoms with Crippen molar-refractivity contribution in [2.45, 2.75) is 13.0 Å². The Bertz CT molecular complexity index is 688. The van der Waals surface area contributed by atoms with Gasteiger partial charge in [-0.05, 0) is 37.3 Å². The second-order valence-electron chi connectivity index (χ2n) is 4.17. The molecule has 1 aromatic carbocycles. The van der Waals surface area contributed by atoms with Gasteiger partial charge in [0.2, 0.25) is 5.76 Å². The van der Waals surface area contributed by atoms with Gasteiger partial charge < -0.3 is 14.8 Å². The first-order chi connectivity index (χ1) is 9.51. The summed E-state index contributed by atoms with van der Waals surface area (Å²) >= 11 is 0. The van der Waals surface area contributed by atoms with Crippen LogP contribution in [0.2, 0.25) is 0 Å². The molecule has 1 heterocycles. The number of nitriles is 1. The fourth-order valence-corrected chi connectivity index (χ4v) is 1.74. The predicted molar refractivity (Wildman–Crippen MR) is 68.8 cm³/mol. The Morgan fingerprint density at radius 2 is 2.20 bits per heavy atom. The van der Waals surface area contributed by atoms with Crippen LogP contribution in [0.3, 0.4) is 0 Å². The molecular formula is C14H11FN2O3. The van der Waals surface area contributed by atoms with E-state index in [0.29, 0.717) is 11.4 Å². The minimum atomic E-state index is -1.15. The third-order valence-electron chi connectivity index (χ3n) is 2.74. The molecule has 0 fully saturated rings. The van der Waals surface area contributed by atoms with Crippen molar-refractivity contribution < 1.29 is 18.7 Å². The van der Waals surface area contributed by atoms with Crippen molar-refractivity contribution in [1.29, 1.82) is 5.26 Å². The average Bonchev–Trinajstić information content (AvgIpc) is 2.90. The van der Waals surface area contributed by atoms with Crippen LogP contribution in [-0.2, 0) is 0 Å². The first-order valence-electron chi connectivity index (χ1n) is 5.80. The lowest BCUT2D eigenvalue weighted by atomic mass is 10.1. The summed E-state index contributed by atoms with van der Waals surface area (Å²) < 4.78 is 18.2. The van der Waals surface area contributed by atoms with Crippen molar-refractivity contribution in [1.82, 2.24) is 0 Å². The second-order valence-corrected chi connectivity index (χ2v) is 4.17. The monoisotopic (exact) mass is 274 g/mol. The number of carboxylic acid groups (broad SMARTS) is 1. The SMILES string of the molecule is CC(Nc1ccc(F)cc1C#N)c1ccc(C(=O)O)o1. The summed E-state index contributed by atoms with van der Waals surface area (Å²) in [4.78, 5) is 10.7. The molecule has 0 aliphatic rings. The first-order valence-corrected chi connectivity index (χ1v) is 5.80. The third kappa shape index (κ3) is 2.78. The number of anilines is 1. The highest BCUT2D eigenvalue weighted by molar-refractivity contribution is 5.84. The Kier molecular flexibility index (Phi) is 3.71. The summed E-state index contributed by atoms with van der Waals surface area (Å²) in [5.41, 5.74) is 0.622. The summed E-state index contributed by atoms with van der Waals surface area (Å²) in [6, 6.07) is 8.23. The molecule has 102 valence electrons. The lowest BCUT2D eigenvalue weighted by Gasteiger charge is -2.14. The van der Waals surface area contributed by atoms with Gasteiger partial charge in [0.05, 0.1) is 17.3 Å². The van der Waals surface area contributed by atoms with Gasteiger partial charge in [-0.15, -0.1) is 0 Å². The molecule has 0 aliphatic heterocycles. The van der Waals surface area contributed by atoms with Crippen LogP contribution in [0.5, 0.6) is 0 Å². The molecular weight excluding hydrogens is 263 g/mol. The highest BCUT2D eigenvalue weighted by Crippen LogP contribution is 2.24. The lowest BCUT2D eigenvalue weighted by molar-refractivity contribution is 0.0660. The molecule has 1 atom stereocenters. The van der Waals surface area contributed by atoms with E-state index in [-0.39, 0.29) is 17.4 Å². The van der Waals surface area contributed by atoms with E-state index in [1.165, 1.54) is 24.3 Å². The van der Waals surface area contributed by atoms with Crippen LogP contribution in [0.25, 0.3) is 0 Å². The van der Waals surface area contributed by atoms with Gasteiger partial charge in [0, 0.05) is 0 Å². The van der Waals surface area contributed by atoms with Crippen LogP contribution >= 0.6 is 0 Å². The standard InChI is InChI=1S/C14H11FN2O3/c1-8(12-4-5-13(20-12)14(18)19)17-11-3-2-10(15)6-9(11)7-16/h2-6,8,17H,1H3,(H,18,19). The number of furan rings is 1. The van der Waals surface area contributed by atoms with Crippen LogP contribution in [0, 0.1) is 17.1 Å². The smallest absolute Gasteiger partial charge is 0.371 e. The van der Waals surface area contributed by atoms with Gasteiger partial charge in [0.25, 0.3) is 0 Å². The molecule has 0 amide bonds. The van der Waals surface area contributed by atoms with Gasteiger partial charge in [0.1, 0.15) is 17.6 Å². The van der Waals surface area contributed by atoms with E-state index in [0.717, 1.165) is 6.07 Å². The minimum Gasteiger partial charge on any atom is -0.475 e. The van der Waals surface area contributed by atoms with Crippen molar-refractivity contribution in [3.05, 3.63) is 53.2 Å². The summed E-state index contributed by atoms with van der Waals surface area (Å²) in [5, 5.41) is 20.7. The van der Waals surface area contributed by atoms with Gasteiger partial charge in [-0.3, -0.25) is 0 Å². The molecule has 2 rings (SSSR count). The molecule has 2 N–H and O–H groups in total. The number of rotatable bonds is 4. The summed E-state index contributed by atoms with van der Waals surface area (Å²) in [6.07, 6.45) is 0. The topological polar surface area (TPSA) is 86.3 Å². The summed E-state index contributed by atoms with van der Waals surface area (Å²) in [5.74, 6) is -1.39. The van der Waals surface area contributed by atoms with Crippen LogP contribution in [-0.4, -0.2) is 11.1 Å². The van der Waals surface area contributed by atoms with Crippen LogP contribution in [0.15, 0.2) is 34.7 Å². The van der Waals surface area contributed by atoms with Gasteiger partial charge in [-0.25, -0.2) is 9.18 Å². The van der Waals surface area contributed by atoms with Crippen LogP contribution in [0.4, 0.5) is 10.1 Å². The third-order valence-corrected chi connectivity index (χ3v) is 2.74.